The third-order valence-corrected chi connectivity index (χ3v) is 0.847. The number of hydrogen-bond donors (Lipinski definition) is 0. The van der Waals surface area contributed by atoms with Gasteiger partial charge < -0.3 is 9.26 Å². The van der Waals surface area contributed by atoms with Crippen LogP contribution in [0.3, 0.4) is 0 Å². The Morgan fingerprint density at radius 1 is 1.54 bits per heavy atom. The molecule has 0 N–H and O–H groups in total. The molecule has 0 saturated carbocycles. The van der Waals surface area contributed by atoms with E-state index in [1.165, 1.54) is 0 Å². The Bertz CT molecular complexity index is 271. The van der Waals surface area contributed by atoms with Crippen LogP contribution in [0.4, 0.5) is 13.2 Å². The number of rotatable bonds is 1. The first kappa shape index (κ1) is 12.1. The third kappa shape index (κ3) is 4.01. The van der Waals surface area contributed by atoms with Crippen LogP contribution in [-0.4, -0.2) is 36.3 Å². The van der Waals surface area contributed by atoms with Crippen LogP contribution in [-0.2, 0) is 4.74 Å². The zero-order chi connectivity index (χ0) is 9.19. The second-order valence-electron chi connectivity index (χ2n) is 1.71. The molecule has 0 aromatic carbocycles. The molecule has 68 valence electrons. The average molecular weight is 189 g/mol. The maximum atomic E-state index is 11.4. The summed E-state index contributed by atoms with van der Waals surface area (Å²) in [5, 5.41) is 3.03. The molecule has 1 rings (SSSR count). The summed E-state index contributed by atoms with van der Waals surface area (Å²) in [5.41, 5.74) is 0. The van der Waals surface area contributed by atoms with Gasteiger partial charge in [-0.3, -0.25) is 0 Å². The van der Waals surface area contributed by atoms with Crippen molar-refractivity contribution in [2.24, 2.45) is 0 Å². The van der Waals surface area contributed by atoms with E-state index >= 15 is 0 Å². The SMILES string of the molecule is O=C(OC(F)(F)F)c1ccno1.[LiH]. The second-order valence-corrected chi connectivity index (χ2v) is 1.71. The van der Waals surface area contributed by atoms with Gasteiger partial charge in [0.05, 0.1) is 6.20 Å². The molecular weight excluding hydrogens is 186 g/mol. The molecule has 4 nitrogen and oxygen atoms in total. The van der Waals surface area contributed by atoms with Crippen molar-refractivity contribution in [1.82, 2.24) is 5.16 Å². The summed E-state index contributed by atoms with van der Waals surface area (Å²) < 4.78 is 41.3. The van der Waals surface area contributed by atoms with Crippen LogP contribution in [0.1, 0.15) is 10.6 Å². The van der Waals surface area contributed by atoms with Crippen LogP contribution in [0.5, 0.6) is 0 Å². The summed E-state index contributed by atoms with van der Waals surface area (Å²) in [6.07, 6.45) is -3.96. The van der Waals surface area contributed by atoms with E-state index in [9.17, 15) is 18.0 Å². The fraction of sp³-hybridized carbons (Fsp3) is 0.200. The third-order valence-electron chi connectivity index (χ3n) is 0.847. The quantitative estimate of drug-likeness (QED) is 0.482. The van der Waals surface area contributed by atoms with Crippen molar-refractivity contribution >= 4 is 24.8 Å². The Hall–Kier alpha value is -0.933. The van der Waals surface area contributed by atoms with Gasteiger partial charge in [-0.25, -0.2) is 4.79 Å². The molecule has 0 unspecified atom stereocenters. The van der Waals surface area contributed by atoms with Gasteiger partial charge in [0, 0.05) is 6.07 Å². The van der Waals surface area contributed by atoms with E-state index < -0.39 is 18.1 Å². The van der Waals surface area contributed by atoms with Crippen LogP contribution in [0.25, 0.3) is 0 Å². The Kier molecular flexibility index (Phi) is 4.03. The molecule has 0 aliphatic carbocycles. The Labute approximate surface area is 82.2 Å². The molecule has 0 amide bonds. The van der Waals surface area contributed by atoms with Crippen molar-refractivity contribution in [3.8, 4) is 0 Å². The predicted molar refractivity (Wildman–Crippen MR) is 35.1 cm³/mol. The summed E-state index contributed by atoms with van der Waals surface area (Å²) in [4.78, 5) is 10.4. The number of aromatic nitrogens is 1. The van der Waals surface area contributed by atoms with E-state index in [0.717, 1.165) is 12.3 Å². The Morgan fingerprint density at radius 2 is 2.15 bits per heavy atom. The summed E-state index contributed by atoms with van der Waals surface area (Å²) in [7, 11) is 0. The van der Waals surface area contributed by atoms with Crippen molar-refractivity contribution in [1.29, 1.82) is 0 Å². The van der Waals surface area contributed by atoms with Crippen molar-refractivity contribution in [3.05, 3.63) is 18.0 Å². The number of esters is 1. The van der Waals surface area contributed by atoms with Gasteiger partial charge in [0.25, 0.3) is 0 Å². The molecule has 8 heteroatoms. The molecule has 1 aromatic heterocycles. The van der Waals surface area contributed by atoms with Gasteiger partial charge in [0.1, 0.15) is 0 Å². The standard InChI is InChI=1S/C5H2F3NO3.Li.H/c6-5(7,8)11-4(10)3-1-2-9-12-3;;/h1-2H;;. The van der Waals surface area contributed by atoms with E-state index in [2.05, 4.69) is 14.4 Å². The number of hydrogen-bond acceptors (Lipinski definition) is 4. The number of carbonyl (C=O) groups is 1. The van der Waals surface area contributed by atoms with Gasteiger partial charge in [0.15, 0.2) is 0 Å². The zero-order valence-electron chi connectivity index (χ0n) is 5.46. The number of carbonyl (C=O) groups excluding carboxylic acids is 1. The van der Waals surface area contributed by atoms with Crippen LogP contribution >= 0.6 is 0 Å². The number of halogens is 3. The first-order valence-electron chi connectivity index (χ1n) is 2.70. The maximum absolute atomic E-state index is 11.4. The fourth-order valence-corrected chi connectivity index (χ4v) is 0.476. The molecule has 13 heavy (non-hydrogen) atoms. The monoisotopic (exact) mass is 189 g/mol. The molecule has 0 radical (unpaired) electrons. The van der Waals surface area contributed by atoms with Gasteiger partial charge in [0.2, 0.25) is 5.76 Å². The van der Waals surface area contributed by atoms with Crippen LogP contribution < -0.4 is 0 Å². The van der Waals surface area contributed by atoms with Crippen LogP contribution in [0.15, 0.2) is 16.8 Å². The van der Waals surface area contributed by atoms with Crippen molar-refractivity contribution in [3.63, 3.8) is 0 Å². The van der Waals surface area contributed by atoms with Gasteiger partial charge in [-0.2, -0.15) is 0 Å². The van der Waals surface area contributed by atoms with E-state index in [1.807, 2.05) is 0 Å². The van der Waals surface area contributed by atoms with E-state index in [4.69, 9.17) is 0 Å². The fourth-order valence-electron chi connectivity index (χ4n) is 0.476. The molecule has 1 heterocycles. The number of ether oxygens (including phenoxy) is 1. The van der Waals surface area contributed by atoms with Crippen molar-refractivity contribution in [2.75, 3.05) is 0 Å². The minimum atomic E-state index is -5.00. The van der Waals surface area contributed by atoms with Gasteiger partial charge in [-0.1, -0.05) is 5.16 Å². The normalized spacial score (nSPS) is 10.4. The van der Waals surface area contributed by atoms with Gasteiger partial charge in [-0.05, 0) is 0 Å². The van der Waals surface area contributed by atoms with E-state index in [1.54, 1.807) is 0 Å². The van der Waals surface area contributed by atoms with Crippen molar-refractivity contribution in [2.45, 2.75) is 6.36 Å². The van der Waals surface area contributed by atoms with Crippen molar-refractivity contribution < 1.29 is 27.2 Å². The molecular formula is C5H3F3LiNO3. The first-order chi connectivity index (χ1) is 5.49. The summed E-state index contributed by atoms with van der Waals surface area (Å²) in [6.45, 7) is 0. The zero-order valence-corrected chi connectivity index (χ0v) is 5.46. The molecule has 0 aliphatic heterocycles. The Morgan fingerprint density at radius 3 is 2.54 bits per heavy atom. The second kappa shape index (κ2) is 4.34. The predicted octanol–water partition coefficient (Wildman–Crippen LogP) is 0.703. The molecule has 0 atom stereocenters. The van der Waals surface area contributed by atoms with Crippen LogP contribution in [0.2, 0.25) is 0 Å². The molecule has 1 aromatic rings. The average Bonchev–Trinajstić information content (AvgIpc) is 2.32. The van der Waals surface area contributed by atoms with E-state index in [-0.39, 0.29) is 18.9 Å². The number of alkyl halides is 3. The van der Waals surface area contributed by atoms with Crippen LogP contribution in [0, 0.1) is 0 Å². The molecule has 0 aliphatic rings. The minimum absolute atomic E-state index is 0. The van der Waals surface area contributed by atoms with E-state index in [0.29, 0.717) is 0 Å². The molecule has 0 saturated heterocycles. The van der Waals surface area contributed by atoms with Gasteiger partial charge in [-0.15, -0.1) is 13.2 Å². The topological polar surface area (TPSA) is 52.3 Å². The molecule has 0 spiro atoms. The Balaban J connectivity index is 0.00000144. The molecule has 0 bridgehead atoms. The van der Waals surface area contributed by atoms with Gasteiger partial charge >= 0.3 is 31.2 Å². The number of nitrogens with zero attached hydrogens (tertiary/aromatic N) is 1. The first-order valence-corrected chi connectivity index (χ1v) is 2.70. The summed E-state index contributed by atoms with van der Waals surface area (Å²) in [5.74, 6) is -2.20. The summed E-state index contributed by atoms with van der Waals surface area (Å²) in [6, 6.07) is 0.966. The summed E-state index contributed by atoms with van der Waals surface area (Å²) >= 11 is 0. The molecule has 0 fully saturated rings.